The van der Waals surface area contributed by atoms with E-state index in [4.69, 9.17) is 11.6 Å². The van der Waals surface area contributed by atoms with Crippen molar-refractivity contribution in [2.45, 2.75) is 20.4 Å². The molecule has 2 amide bonds. The maximum Gasteiger partial charge on any atom is 0.287 e. The molecule has 3 aromatic rings. The maximum absolute atomic E-state index is 12.7. The van der Waals surface area contributed by atoms with Crippen LogP contribution in [0.1, 0.15) is 40.5 Å². The molecule has 7 heteroatoms. The monoisotopic (exact) mass is 384 g/mol. The minimum Gasteiger partial charge on any atom is -0.349 e. The van der Waals surface area contributed by atoms with E-state index >= 15 is 0 Å². The molecule has 2 aromatic heterocycles. The molecule has 0 spiro atoms. The summed E-state index contributed by atoms with van der Waals surface area (Å²) >= 11 is 6.13. The van der Waals surface area contributed by atoms with E-state index in [1.165, 1.54) is 0 Å². The lowest BCUT2D eigenvalue weighted by Crippen LogP contribution is -2.29. The van der Waals surface area contributed by atoms with Gasteiger partial charge in [-0.05, 0) is 29.7 Å². The first-order valence-electron chi connectivity index (χ1n) is 8.74. The number of hydrogen-bond donors (Lipinski definition) is 2. The molecule has 27 heavy (non-hydrogen) atoms. The zero-order chi connectivity index (χ0) is 19.4. The van der Waals surface area contributed by atoms with Crippen molar-refractivity contribution in [1.82, 2.24) is 20.0 Å². The van der Waals surface area contributed by atoms with Crippen LogP contribution in [0.5, 0.6) is 0 Å². The molecular weight excluding hydrogens is 364 g/mol. The number of pyridine rings is 1. The highest BCUT2D eigenvalue weighted by molar-refractivity contribution is 6.31. The standard InChI is InChI=1S/C20H21ClN4O2/c1-13(2)11-22-20(27)18-24-17(16-9-5-6-10-25(16)18)19(26)23-12-14-7-3-4-8-15(14)21/h3-10,13H,11-12H2,1-2H3,(H,22,27)(H,23,26). The number of nitrogens with one attached hydrogen (secondary N) is 2. The highest BCUT2D eigenvalue weighted by Gasteiger charge is 2.21. The summed E-state index contributed by atoms with van der Waals surface area (Å²) in [5, 5.41) is 6.24. The Kier molecular flexibility index (Phi) is 5.76. The van der Waals surface area contributed by atoms with Crippen molar-refractivity contribution < 1.29 is 9.59 Å². The van der Waals surface area contributed by atoms with Gasteiger partial charge in [0.1, 0.15) is 0 Å². The highest BCUT2D eigenvalue weighted by atomic mass is 35.5. The summed E-state index contributed by atoms with van der Waals surface area (Å²) in [7, 11) is 0. The first-order chi connectivity index (χ1) is 13.0. The summed E-state index contributed by atoms with van der Waals surface area (Å²) in [5.74, 6) is -0.163. The predicted molar refractivity (Wildman–Crippen MR) is 105 cm³/mol. The van der Waals surface area contributed by atoms with Crippen LogP contribution < -0.4 is 10.6 Å². The lowest BCUT2D eigenvalue weighted by atomic mass is 10.2. The predicted octanol–water partition coefficient (Wildman–Crippen LogP) is 3.30. The van der Waals surface area contributed by atoms with Crippen molar-refractivity contribution in [2.24, 2.45) is 5.92 Å². The van der Waals surface area contributed by atoms with Gasteiger partial charge in [-0.1, -0.05) is 49.7 Å². The molecule has 0 atom stereocenters. The molecule has 0 radical (unpaired) electrons. The van der Waals surface area contributed by atoms with Crippen LogP contribution in [-0.2, 0) is 6.54 Å². The van der Waals surface area contributed by atoms with Gasteiger partial charge in [0.15, 0.2) is 5.69 Å². The molecule has 0 bridgehead atoms. The molecule has 2 N–H and O–H groups in total. The second-order valence-corrected chi connectivity index (χ2v) is 7.03. The number of hydrogen-bond acceptors (Lipinski definition) is 3. The number of imidazole rings is 1. The quantitative estimate of drug-likeness (QED) is 0.684. The summed E-state index contributed by atoms with van der Waals surface area (Å²) < 4.78 is 1.63. The molecule has 0 fully saturated rings. The third kappa shape index (κ3) is 4.28. The molecule has 0 aliphatic heterocycles. The van der Waals surface area contributed by atoms with Gasteiger partial charge in [-0.25, -0.2) is 4.98 Å². The van der Waals surface area contributed by atoms with E-state index in [2.05, 4.69) is 15.6 Å². The van der Waals surface area contributed by atoms with E-state index in [0.717, 1.165) is 5.56 Å². The van der Waals surface area contributed by atoms with Crippen LogP contribution in [0.4, 0.5) is 0 Å². The summed E-state index contributed by atoms with van der Waals surface area (Å²) in [4.78, 5) is 29.5. The van der Waals surface area contributed by atoms with Gasteiger partial charge in [-0.3, -0.25) is 14.0 Å². The Labute approximate surface area is 162 Å². The van der Waals surface area contributed by atoms with Crippen LogP contribution in [0.25, 0.3) is 5.52 Å². The van der Waals surface area contributed by atoms with Gasteiger partial charge in [-0.15, -0.1) is 0 Å². The number of nitrogens with zero attached hydrogens (tertiary/aromatic N) is 2. The summed E-state index contributed by atoms with van der Waals surface area (Å²) in [6.07, 6.45) is 1.72. The van der Waals surface area contributed by atoms with Gasteiger partial charge >= 0.3 is 0 Å². The molecule has 0 saturated carbocycles. The molecule has 140 valence electrons. The van der Waals surface area contributed by atoms with E-state index in [-0.39, 0.29) is 29.9 Å². The zero-order valence-corrected chi connectivity index (χ0v) is 16.0. The molecule has 3 rings (SSSR count). The summed E-state index contributed by atoms with van der Waals surface area (Å²) in [6.45, 7) is 4.84. The first kappa shape index (κ1) is 18.9. The molecule has 2 heterocycles. The smallest absolute Gasteiger partial charge is 0.287 e. The van der Waals surface area contributed by atoms with Gasteiger partial charge < -0.3 is 10.6 Å². The highest BCUT2D eigenvalue weighted by Crippen LogP contribution is 2.16. The number of aromatic nitrogens is 2. The second kappa shape index (κ2) is 8.22. The van der Waals surface area contributed by atoms with Crippen LogP contribution >= 0.6 is 11.6 Å². The van der Waals surface area contributed by atoms with Crippen molar-refractivity contribution in [1.29, 1.82) is 0 Å². The lowest BCUT2D eigenvalue weighted by molar-refractivity contribution is 0.0938. The number of amides is 2. The average Bonchev–Trinajstić information content (AvgIpc) is 3.05. The second-order valence-electron chi connectivity index (χ2n) is 6.62. The van der Waals surface area contributed by atoms with Crippen molar-refractivity contribution in [3.8, 4) is 0 Å². The van der Waals surface area contributed by atoms with Crippen LogP contribution in [0, 0.1) is 5.92 Å². The Morgan fingerprint density at radius 1 is 1.07 bits per heavy atom. The SMILES string of the molecule is CC(C)CNC(=O)c1nc(C(=O)NCc2ccccc2Cl)c2ccccn12. The Bertz CT molecular complexity index is 981. The number of carbonyl (C=O) groups is 2. The average molecular weight is 385 g/mol. The Morgan fingerprint density at radius 3 is 2.56 bits per heavy atom. The Hall–Kier alpha value is -2.86. The van der Waals surface area contributed by atoms with Crippen molar-refractivity contribution >= 4 is 28.9 Å². The number of halogens is 1. The van der Waals surface area contributed by atoms with E-state index in [9.17, 15) is 9.59 Å². The van der Waals surface area contributed by atoms with Crippen LogP contribution in [0.3, 0.4) is 0 Å². The summed E-state index contributed by atoms with van der Waals surface area (Å²) in [5.41, 5.74) is 1.59. The molecular formula is C20H21ClN4O2. The molecule has 0 unspecified atom stereocenters. The maximum atomic E-state index is 12.7. The molecule has 1 aromatic carbocycles. The normalized spacial score (nSPS) is 11.0. The zero-order valence-electron chi connectivity index (χ0n) is 15.2. The van der Waals surface area contributed by atoms with Crippen molar-refractivity contribution in [3.05, 3.63) is 70.8 Å². The number of fused-ring (bicyclic) bond motifs is 1. The minimum atomic E-state index is -0.360. The number of rotatable bonds is 6. The van der Waals surface area contributed by atoms with Gasteiger partial charge in [-0.2, -0.15) is 0 Å². The van der Waals surface area contributed by atoms with E-state index in [1.807, 2.05) is 32.0 Å². The molecule has 0 aliphatic rings. The summed E-state index contributed by atoms with van der Waals surface area (Å²) in [6, 6.07) is 12.7. The number of carbonyl (C=O) groups excluding carboxylic acids is 2. The first-order valence-corrected chi connectivity index (χ1v) is 9.12. The number of benzene rings is 1. The van der Waals surface area contributed by atoms with Gasteiger partial charge in [0.25, 0.3) is 11.8 Å². The third-order valence-electron chi connectivity index (χ3n) is 4.03. The van der Waals surface area contributed by atoms with Crippen molar-refractivity contribution in [2.75, 3.05) is 6.54 Å². The van der Waals surface area contributed by atoms with Crippen LogP contribution in [-0.4, -0.2) is 27.7 Å². The van der Waals surface area contributed by atoms with Gasteiger partial charge in [0.05, 0.1) is 5.52 Å². The Balaban J connectivity index is 1.85. The van der Waals surface area contributed by atoms with E-state index < -0.39 is 0 Å². The fourth-order valence-corrected chi connectivity index (χ4v) is 2.84. The lowest BCUT2D eigenvalue weighted by Gasteiger charge is -2.06. The topological polar surface area (TPSA) is 75.5 Å². The molecule has 6 nitrogen and oxygen atoms in total. The largest absolute Gasteiger partial charge is 0.349 e. The molecule has 0 aliphatic carbocycles. The van der Waals surface area contributed by atoms with Crippen LogP contribution in [0.15, 0.2) is 48.7 Å². The fourth-order valence-electron chi connectivity index (χ4n) is 2.64. The van der Waals surface area contributed by atoms with Crippen LogP contribution in [0.2, 0.25) is 5.02 Å². The van der Waals surface area contributed by atoms with Gasteiger partial charge in [0.2, 0.25) is 5.82 Å². The fraction of sp³-hybridized carbons (Fsp3) is 0.250. The minimum absolute atomic E-state index is 0.189. The molecule has 0 saturated heterocycles. The third-order valence-corrected chi connectivity index (χ3v) is 4.40. The van der Waals surface area contributed by atoms with Gasteiger partial charge in [0, 0.05) is 24.3 Å². The van der Waals surface area contributed by atoms with Crippen molar-refractivity contribution in [3.63, 3.8) is 0 Å². The Morgan fingerprint density at radius 2 is 1.81 bits per heavy atom. The van der Waals surface area contributed by atoms with E-state index in [0.29, 0.717) is 23.0 Å². The van der Waals surface area contributed by atoms with E-state index in [1.54, 1.807) is 34.9 Å².